The molecule has 3 rings (SSSR count). The van der Waals surface area contributed by atoms with Gasteiger partial charge >= 0.3 is 0 Å². The van der Waals surface area contributed by atoms with E-state index in [2.05, 4.69) is 5.16 Å². The number of amides is 1. The van der Waals surface area contributed by atoms with E-state index in [4.69, 9.17) is 4.52 Å². The Bertz CT molecular complexity index is 653. The summed E-state index contributed by atoms with van der Waals surface area (Å²) in [6, 6.07) is 8.04. The van der Waals surface area contributed by atoms with Crippen LogP contribution in [0.2, 0.25) is 0 Å². The first kappa shape index (κ1) is 13.8. The Kier molecular flexibility index (Phi) is 3.73. The molecule has 4 nitrogen and oxygen atoms in total. The molecule has 2 aromatic rings. The molecular formula is C16H17FN2O2. The van der Waals surface area contributed by atoms with Crippen LogP contribution in [-0.2, 0) is 6.42 Å². The quantitative estimate of drug-likeness (QED) is 0.870. The monoisotopic (exact) mass is 288 g/mol. The van der Waals surface area contributed by atoms with Gasteiger partial charge in [-0.15, -0.1) is 0 Å². The highest BCUT2D eigenvalue weighted by Crippen LogP contribution is 2.33. The maximum atomic E-state index is 13.4. The molecule has 2 heterocycles. The number of carbonyl (C=O) groups is 1. The molecule has 1 fully saturated rings. The van der Waals surface area contributed by atoms with Crippen LogP contribution in [0.3, 0.4) is 0 Å². The van der Waals surface area contributed by atoms with Crippen molar-refractivity contribution in [1.29, 1.82) is 0 Å². The van der Waals surface area contributed by atoms with E-state index in [-0.39, 0.29) is 17.8 Å². The van der Waals surface area contributed by atoms with Crippen molar-refractivity contribution in [3.8, 4) is 0 Å². The highest BCUT2D eigenvalue weighted by Gasteiger charge is 2.32. The summed E-state index contributed by atoms with van der Waals surface area (Å²) < 4.78 is 18.5. The topological polar surface area (TPSA) is 46.3 Å². The van der Waals surface area contributed by atoms with Crippen LogP contribution in [0.25, 0.3) is 0 Å². The highest BCUT2D eigenvalue weighted by molar-refractivity contribution is 5.92. The second-order valence-electron chi connectivity index (χ2n) is 5.24. The second kappa shape index (κ2) is 5.68. The van der Waals surface area contributed by atoms with Gasteiger partial charge in [-0.1, -0.05) is 24.2 Å². The van der Waals surface area contributed by atoms with Crippen molar-refractivity contribution in [3.05, 3.63) is 53.2 Å². The van der Waals surface area contributed by atoms with Gasteiger partial charge in [0.2, 0.25) is 0 Å². The van der Waals surface area contributed by atoms with Crippen molar-refractivity contribution in [3.63, 3.8) is 0 Å². The Morgan fingerprint density at radius 2 is 2.33 bits per heavy atom. The molecule has 1 amide bonds. The molecule has 110 valence electrons. The Labute approximate surface area is 122 Å². The summed E-state index contributed by atoms with van der Waals surface area (Å²) in [7, 11) is 0. The predicted molar refractivity (Wildman–Crippen MR) is 75.3 cm³/mol. The fourth-order valence-corrected chi connectivity index (χ4v) is 2.80. The summed E-state index contributed by atoms with van der Waals surface area (Å²) in [4.78, 5) is 14.3. The van der Waals surface area contributed by atoms with Gasteiger partial charge in [-0.2, -0.15) is 0 Å². The zero-order chi connectivity index (χ0) is 14.8. The average Bonchev–Trinajstić information content (AvgIpc) is 3.15. The lowest BCUT2D eigenvalue weighted by molar-refractivity contribution is 0.0725. The summed E-state index contributed by atoms with van der Waals surface area (Å²) in [5.41, 5.74) is 1.16. The van der Waals surface area contributed by atoms with Crippen LogP contribution >= 0.6 is 0 Å². The third-order valence-corrected chi connectivity index (χ3v) is 3.87. The van der Waals surface area contributed by atoms with E-state index >= 15 is 0 Å². The lowest BCUT2D eigenvalue weighted by Gasteiger charge is -2.24. The van der Waals surface area contributed by atoms with Crippen molar-refractivity contribution in [2.75, 3.05) is 6.54 Å². The number of benzene rings is 1. The minimum Gasteiger partial charge on any atom is -0.361 e. The molecule has 0 aliphatic carbocycles. The second-order valence-corrected chi connectivity index (χ2v) is 5.24. The molecular weight excluding hydrogens is 271 g/mol. The average molecular weight is 288 g/mol. The van der Waals surface area contributed by atoms with Gasteiger partial charge in [-0.25, -0.2) is 4.39 Å². The van der Waals surface area contributed by atoms with E-state index in [1.165, 1.54) is 12.1 Å². The Morgan fingerprint density at radius 1 is 1.48 bits per heavy atom. The van der Waals surface area contributed by atoms with Gasteiger partial charge in [-0.05, 0) is 30.5 Å². The maximum absolute atomic E-state index is 13.4. The molecule has 1 aliphatic heterocycles. The molecule has 1 aromatic heterocycles. The molecule has 0 bridgehead atoms. The molecule has 1 atom stereocenters. The summed E-state index contributed by atoms with van der Waals surface area (Å²) in [5, 5.41) is 3.84. The fourth-order valence-electron chi connectivity index (χ4n) is 2.80. The lowest BCUT2D eigenvalue weighted by atomic mass is 10.0. The minimum absolute atomic E-state index is 0.0880. The predicted octanol–water partition coefficient (Wildman–Crippen LogP) is 3.35. The van der Waals surface area contributed by atoms with Gasteiger partial charge < -0.3 is 9.42 Å². The smallest absolute Gasteiger partial charge is 0.276 e. The summed E-state index contributed by atoms with van der Waals surface area (Å²) in [6.07, 6.45) is 2.45. The molecule has 1 saturated heterocycles. The molecule has 0 spiro atoms. The van der Waals surface area contributed by atoms with Gasteiger partial charge in [0.15, 0.2) is 5.69 Å². The number of likely N-dealkylation sites (tertiary alicyclic amines) is 1. The zero-order valence-electron chi connectivity index (χ0n) is 11.9. The van der Waals surface area contributed by atoms with E-state index in [1.807, 2.05) is 13.0 Å². The van der Waals surface area contributed by atoms with Crippen molar-refractivity contribution >= 4 is 5.91 Å². The summed E-state index contributed by atoms with van der Waals surface area (Å²) in [6.45, 7) is 2.61. The molecule has 0 N–H and O–H groups in total. The Balaban J connectivity index is 1.85. The molecule has 1 aromatic carbocycles. The largest absolute Gasteiger partial charge is 0.361 e. The molecule has 1 aliphatic rings. The number of halogens is 1. The van der Waals surface area contributed by atoms with Gasteiger partial charge in [0.05, 0.1) is 6.04 Å². The minimum atomic E-state index is -0.276. The van der Waals surface area contributed by atoms with Crippen LogP contribution in [0.15, 0.2) is 34.9 Å². The molecule has 21 heavy (non-hydrogen) atoms. The number of hydrogen-bond donors (Lipinski definition) is 0. The number of nitrogens with zero attached hydrogens (tertiary/aromatic N) is 2. The van der Waals surface area contributed by atoms with Crippen molar-refractivity contribution in [2.45, 2.75) is 32.2 Å². The third kappa shape index (κ3) is 2.68. The van der Waals surface area contributed by atoms with Gasteiger partial charge in [-0.3, -0.25) is 4.79 Å². The lowest BCUT2D eigenvalue weighted by Crippen LogP contribution is -2.30. The van der Waals surface area contributed by atoms with Crippen LogP contribution in [0.4, 0.5) is 4.39 Å². The number of aryl methyl sites for hydroxylation is 1. The van der Waals surface area contributed by atoms with E-state index < -0.39 is 0 Å². The molecule has 5 heteroatoms. The van der Waals surface area contributed by atoms with Crippen molar-refractivity contribution in [2.24, 2.45) is 0 Å². The number of rotatable bonds is 3. The third-order valence-electron chi connectivity index (χ3n) is 3.87. The van der Waals surface area contributed by atoms with E-state index in [1.54, 1.807) is 17.0 Å². The molecule has 0 radical (unpaired) electrons. The maximum Gasteiger partial charge on any atom is 0.276 e. The van der Waals surface area contributed by atoms with E-state index in [9.17, 15) is 9.18 Å². The standard InChI is InChI=1S/C16H17FN2O2/c1-2-13-10-14(18-21-13)16(20)19-8-4-7-15(19)11-5-3-6-12(17)9-11/h3,5-6,9-10,15H,2,4,7-8H2,1H3/t15-/m0/s1. The van der Waals surface area contributed by atoms with Crippen LogP contribution in [-0.4, -0.2) is 22.5 Å². The van der Waals surface area contributed by atoms with E-state index in [0.717, 1.165) is 18.4 Å². The number of carbonyl (C=O) groups excluding carboxylic acids is 1. The van der Waals surface area contributed by atoms with Crippen molar-refractivity contribution < 1.29 is 13.7 Å². The number of hydrogen-bond acceptors (Lipinski definition) is 3. The SMILES string of the molecule is CCc1cc(C(=O)N2CCC[C@H]2c2cccc(F)c2)no1. The van der Waals surface area contributed by atoms with Crippen molar-refractivity contribution in [1.82, 2.24) is 10.1 Å². The molecule has 0 unspecified atom stereocenters. The fraction of sp³-hybridized carbons (Fsp3) is 0.375. The van der Waals surface area contributed by atoms with Crippen LogP contribution < -0.4 is 0 Å². The summed E-state index contributed by atoms with van der Waals surface area (Å²) in [5.74, 6) is 0.270. The normalized spacial score (nSPS) is 18.2. The van der Waals surface area contributed by atoms with E-state index in [0.29, 0.717) is 24.4 Å². The van der Waals surface area contributed by atoms with Gasteiger partial charge in [0.25, 0.3) is 5.91 Å². The van der Waals surface area contributed by atoms with Gasteiger partial charge in [0.1, 0.15) is 11.6 Å². The first-order valence-electron chi connectivity index (χ1n) is 7.21. The zero-order valence-corrected chi connectivity index (χ0v) is 11.9. The first-order valence-corrected chi connectivity index (χ1v) is 7.21. The van der Waals surface area contributed by atoms with Gasteiger partial charge in [0, 0.05) is 19.0 Å². The Morgan fingerprint density at radius 3 is 3.05 bits per heavy atom. The number of aromatic nitrogens is 1. The summed E-state index contributed by atoms with van der Waals surface area (Å²) >= 11 is 0. The molecule has 0 saturated carbocycles. The van der Waals surface area contributed by atoms with Crippen LogP contribution in [0.5, 0.6) is 0 Å². The highest BCUT2D eigenvalue weighted by atomic mass is 19.1. The Hall–Kier alpha value is -2.17. The van der Waals surface area contributed by atoms with Crippen LogP contribution in [0.1, 0.15) is 47.6 Å². The van der Waals surface area contributed by atoms with Crippen LogP contribution in [0, 0.1) is 5.82 Å². The first-order chi connectivity index (χ1) is 10.2.